The fourth-order valence-corrected chi connectivity index (χ4v) is 5.74. The second-order valence-electron chi connectivity index (χ2n) is 10.9. The Morgan fingerprint density at radius 3 is 2.31 bits per heavy atom. The summed E-state index contributed by atoms with van der Waals surface area (Å²) in [4.78, 5) is 36.0. The lowest BCUT2D eigenvalue weighted by atomic mass is 10.1. The minimum absolute atomic E-state index is 0.147. The number of nitrogens with two attached hydrogens (primary N) is 1. The van der Waals surface area contributed by atoms with E-state index in [4.69, 9.17) is 10.5 Å². The fraction of sp³-hybridized carbons (Fsp3) is 0.344. The minimum Gasteiger partial charge on any atom is -0.481 e. The van der Waals surface area contributed by atoms with Crippen LogP contribution in [0.15, 0.2) is 76.4 Å². The molecule has 0 aliphatic carbocycles. The fourth-order valence-electron chi connectivity index (χ4n) is 5.74. The molecule has 0 saturated carbocycles. The molecule has 4 aromatic rings. The molecule has 1 saturated heterocycles. The summed E-state index contributed by atoms with van der Waals surface area (Å²) in [5.41, 5.74) is 4.94. The number of hydrogen-bond donors (Lipinski definition) is 1. The molecule has 2 aromatic heterocycles. The van der Waals surface area contributed by atoms with Gasteiger partial charge in [0.15, 0.2) is 0 Å². The van der Waals surface area contributed by atoms with Crippen molar-refractivity contribution in [3.8, 4) is 5.88 Å². The highest BCUT2D eigenvalue weighted by molar-refractivity contribution is 5.50. The molecule has 2 aromatic carbocycles. The molecule has 0 bridgehead atoms. The Bertz CT molecular complexity index is 1770. The smallest absolute Gasteiger partial charge is 0.416 e. The molecule has 0 radical (unpaired) electrons. The van der Waals surface area contributed by atoms with Crippen molar-refractivity contribution in [1.29, 1.82) is 0 Å². The molecule has 13 heteroatoms. The van der Waals surface area contributed by atoms with E-state index < -0.39 is 47.0 Å². The van der Waals surface area contributed by atoms with E-state index in [2.05, 4.69) is 9.88 Å². The average molecular weight is 627 g/mol. The number of ether oxygens (including phenoxy) is 1. The molecule has 1 aliphatic heterocycles. The van der Waals surface area contributed by atoms with Crippen molar-refractivity contribution < 1.29 is 22.3 Å². The van der Waals surface area contributed by atoms with Gasteiger partial charge in [-0.3, -0.25) is 18.8 Å². The standard InChI is InChI=1S/C32H34F4N6O3/c1-21-28(40-16-14-39(15-17-40)18-23-10-7-13-38-29(23)45-2)30(43)42(20-27(37)22-8-4-3-5-9-22)31(44)41(21)19-24-25(32(34,35)36)11-6-12-26(24)33/h3-13,27H,14-20,37H2,1-2H3/t27-/m1/s1. The minimum atomic E-state index is -4.85. The van der Waals surface area contributed by atoms with Gasteiger partial charge in [-0.1, -0.05) is 42.5 Å². The van der Waals surface area contributed by atoms with Crippen molar-refractivity contribution in [3.05, 3.63) is 121 Å². The quantitative estimate of drug-likeness (QED) is 0.281. The van der Waals surface area contributed by atoms with E-state index in [1.807, 2.05) is 17.0 Å². The van der Waals surface area contributed by atoms with Gasteiger partial charge in [0.2, 0.25) is 5.88 Å². The van der Waals surface area contributed by atoms with Crippen molar-refractivity contribution in [2.45, 2.75) is 38.8 Å². The number of pyridine rings is 1. The van der Waals surface area contributed by atoms with Gasteiger partial charge in [-0.2, -0.15) is 13.2 Å². The van der Waals surface area contributed by atoms with E-state index in [1.54, 1.807) is 43.6 Å². The highest BCUT2D eigenvalue weighted by Crippen LogP contribution is 2.33. The first kappa shape index (κ1) is 31.9. The summed E-state index contributed by atoms with van der Waals surface area (Å²) in [6.07, 6.45) is -3.21. The van der Waals surface area contributed by atoms with Gasteiger partial charge in [0, 0.05) is 61.8 Å². The van der Waals surface area contributed by atoms with E-state index in [-0.39, 0.29) is 17.9 Å². The molecular weight excluding hydrogens is 592 g/mol. The molecule has 0 spiro atoms. The monoisotopic (exact) mass is 626 g/mol. The SMILES string of the molecule is COc1ncccc1CN1CCN(c2c(C)n(Cc3c(F)cccc3C(F)(F)F)c(=O)n(C[C@@H](N)c3ccccc3)c2=O)CC1. The van der Waals surface area contributed by atoms with Gasteiger partial charge in [-0.05, 0) is 30.7 Å². The number of piperazine rings is 1. The second kappa shape index (κ2) is 13.2. The van der Waals surface area contributed by atoms with E-state index in [1.165, 1.54) is 6.92 Å². The summed E-state index contributed by atoms with van der Waals surface area (Å²) in [5.74, 6) is -0.581. The van der Waals surface area contributed by atoms with Crippen LogP contribution in [0.25, 0.3) is 0 Å². The van der Waals surface area contributed by atoms with Crippen LogP contribution in [0.5, 0.6) is 5.88 Å². The number of anilines is 1. The van der Waals surface area contributed by atoms with Crippen LogP contribution in [0.4, 0.5) is 23.2 Å². The molecule has 238 valence electrons. The number of halogens is 4. The Labute approximate surface area is 257 Å². The normalized spacial score (nSPS) is 14.9. The van der Waals surface area contributed by atoms with Gasteiger partial charge in [0.05, 0.1) is 25.8 Å². The molecule has 9 nitrogen and oxygen atoms in total. The number of methoxy groups -OCH3 is 1. The van der Waals surface area contributed by atoms with E-state index in [9.17, 15) is 27.2 Å². The Kier molecular flexibility index (Phi) is 9.40. The zero-order valence-corrected chi connectivity index (χ0v) is 24.9. The zero-order chi connectivity index (χ0) is 32.3. The van der Waals surface area contributed by atoms with E-state index in [0.717, 1.165) is 32.9 Å². The first-order valence-corrected chi connectivity index (χ1v) is 14.4. The maximum absolute atomic E-state index is 14.9. The summed E-state index contributed by atoms with van der Waals surface area (Å²) in [5, 5.41) is 0. The van der Waals surface area contributed by atoms with Gasteiger partial charge in [0.1, 0.15) is 11.5 Å². The molecule has 1 fully saturated rings. The second-order valence-corrected chi connectivity index (χ2v) is 10.9. The van der Waals surface area contributed by atoms with Crippen LogP contribution in [0.2, 0.25) is 0 Å². The van der Waals surface area contributed by atoms with Crippen LogP contribution in [0, 0.1) is 12.7 Å². The molecular formula is C32H34F4N6O3. The van der Waals surface area contributed by atoms with Crippen LogP contribution in [-0.2, 0) is 25.8 Å². The van der Waals surface area contributed by atoms with Crippen molar-refractivity contribution >= 4 is 5.69 Å². The van der Waals surface area contributed by atoms with E-state index >= 15 is 0 Å². The molecule has 2 N–H and O–H groups in total. The Balaban J connectivity index is 1.53. The molecule has 0 amide bonds. The predicted molar refractivity (Wildman–Crippen MR) is 162 cm³/mol. The summed E-state index contributed by atoms with van der Waals surface area (Å²) in [6.45, 7) is 3.01. The summed E-state index contributed by atoms with van der Waals surface area (Å²) < 4.78 is 64.0. The van der Waals surface area contributed by atoms with Crippen LogP contribution < -0.4 is 26.6 Å². The third-order valence-electron chi connectivity index (χ3n) is 8.13. The lowest BCUT2D eigenvalue weighted by Crippen LogP contribution is -2.51. The Morgan fingerprint density at radius 2 is 1.64 bits per heavy atom. The van der Waals surface area contributed by atoms with E-state index in [0.29, 0.717) is 44.2 Å². The van der Waals surface area contributed by atoms with Crippen LogP contribution in [-0.4, -0.2) is 52.3 Å². The third kappa shape index (κ3) is 6.79. The maximum Gasteiger partial charge on any atom is 0.416 e. The number of alkyl halides is 3. The maximum atomic E-state index is 14.9. The number of aromatic nitrogens is 3. The Morgan fingerprint density at radius 1 is 0.933 bits per heavy atom. The summed E-state index contributed by atoms with van der Waals surface area (Å²) in [6, 6.07) is 14.5. The van der Waals surface area contributed by atoms with Gasteiger partial charge < -0.3 is 15.4 Å². The largest absolute Gasteiger partial charge is 0.481 e. The van der Waals surface area contributed by atoms with Gasteiger partial charge in [-0.15, -0.1) is 0 Å². The van der Waals surface area contributed by atoms with Gasteiger partial charge >= 0.3 is 11.9 Å². The van der Waals surface area contributed by atoms with Gasteiger partial charge in [0.25, 0.3) is 5.56 Å². The highest BCUT2D eigenvalue weighted by atomic mass is 19.4. The lowest BCUT2D eigenvalue weighted by Gasteiger charge is -2.37. The van der Waals surface area contributed by atoms with Crippen LogP contribution >= 0.6 is 0 Å². The van der Waals surface area contributed by atoms with Gasteiger partial charge in [-0.25, -0.2) is 14.2 Å². The summed E-state index contributed by atoms with van der Waals surface area (Å²) in [7, 11) is 1.55. The lowest BCUT2D eigenvalue weighted by molar-refractivity contribution is -0.138. The molecule has 3 heterocycles. The molecule has 0 unspecified atom stereocenters. The van der Waals surface area contributed by atoms with Crippen LogP contribution in [0.1, 0.15) is 34.0 Å². The predicted octanol–water partition coefficient (Wildman–Crippen LogP) is 3.95. The van der Waals surface area contributed by atoms with Crippen molar-refractivity contribution in [3.63, 3.8) is 0 Å². The molecule has 1 atom stereocenters. The zero-order valence-electron chi connectivity index (χ0n) is 24.9. The third-order valence-corrected chi connectivity index (χ3v) is 8.13. The van der Waals surface area contributed by atoms with Crippen molar-refractivity contribution in [1.82, 2.24) is 19.0 Å². The highest BCUT2D eigenvalue weighted by Gasteiger charge is 2.35. The topological polar surface area (TPSA) is 98.6 Å². The number of rotatable bonds is 9. The average Bonchev–Trinajstić information content (AvgIpc) is 3.03. The first-order valence-electron chi connectivity index (χ1n) is 14.4. The molecule has 5 rings (SSSR count). The van der Waals surface area contributed by atoms with Crippen LogP contribution in [0.3, 0.4) is 0 Å². The molecule has 45 heavy (non-hydrogen) atoms. The summed E-state index contributed by atoms with van der Waals surface area (Å²) >= 11 is 0. The first-order chi connectivity index (χ1) is 21.5. The van der Waals surface area contributed by atoms with Crippen molar-refractivity contribution in [2.24, 2.45) is 5.73 Å². The van der Waals surface area contributed by atoms with Crippen molar-refractivity contribution in [2.75, 3.05) is 38.2 Å². The number of nitrogens with zero attached hydrogens (tertiary/aromatic N) is 5. The Hall–Kier alpha value is -4.49. The number of hydrogen-bond acceptors (Lipinski definition) is 7. The molecule has 1 aliphatic rings. The number of benzene rings is 2.